The third-order valence-corrected chi connectivity index (χ3v) is 4.83. The third kappa shape index (κ3) is 10.8. The van der Waals surface area contributed by atoms with Crippen LogP contribution in [-0.2, 0) is 25.6 Å². The van der Waals surface area contributed by atoms with Crippen molar-refractivity contribution in [1.29, 1.82) is 0 Å². The summed E-state index contributed by atoms with van der Waals surface area (Å²) in [6.45, 7) is 7.23. The normalized spacial score (nSPS) is 13.8. The first-order chi connectivity index (χ1) is 15.4. The van der Waals surface area contributed by atoms with Gasteiger partial charge in [0.05, 0.1) is 12.6 Å². The quantitative estimate of drug-likeness (QED) is 0.247. The van der Waals surface area contributed by atoms with Crippen molar-refractivity contribution < 1.29 is 29.4 Å². The highest BCUT2D eigenvalue weighted by molar-refractivity contribution is 5.92. The molecule has 3 amide bonds. The number of carboxylic acid groups (broad SMARTS) is 1. The van der Waals surface area contributed by atoms with Crippen LogP contribution in [0.5, 0.6) is 5.75 Å². The molecule has 1 aromatic rings. The molecule has 1 rings (SSSR count). The average molecular weight is 465 g/mol. The molecule has 0 fully saturated rings. The number of nitrogens with two attached hydrogens (primary N) is 1. The van der Waals surface area contributed by atoms with Gasteiger partial charge in [0.15, 0.2) is 0 Å². The minimum atomic E-state index is -1.23. The summed E-state index contributed by atoms with van der Waals surface area (Å²) in [6.07, 6.45) is 0.836. The minimum absolute atomic E-state index is 0.00900. The summed E-state index contributed by atoms with van der Waals surface area (Å²) >= 11 is 0. The van der Waals surface area contributed by atoms with Crippen molar-refractivity contribution >= 4 is 23.7 Å². The SMILES string of the molecule is CC(C)C[C@H](NC(=O)[C@@H](N)CC(C)C)C(=O)NCC(=O)N[C@@H](Cc1ccc(O)cc1)C(=O)O. The Bertz CT molecular complexity index is 810. The maximum Gasteiger partial charge on any atom is 0.326 e. The van der Waals surface area contributed by atoms with Crippen molar-refractivity contribution in [2.24, 2.45) is 17.6 Å². The van der Waals surface area contributed by atoms with Gasteiger partial charge in [-0.25, -0.2) is 4.79 Å². The van der Waals surface area contributed by atoms with Gasteiger partial charge in [0.1, 0.15) is 17.8 Å². The van der Waals surface area contributed by atoms with E-state index in [9.17, 15) is 29.4 Å². The maximum absolute atomic E-state index is 12.6. The summed E-state index contributed by atoms with van der Waals surface area (Å²) in [6, 6.07) is 3.14. The second kappa shape index (κ2) is 13.4. The zero-order valence-corrected chi connectivity index (χ0v) is 19.6. The van der Waals surface area contributed by atoms with Gasteiger partial charge in [-0.1, -0.05) is 39.8 Å². The van der Waals surface area contributed by atoms with E-state index in [4.69, 9.17) is 5.73 Å². The molecule has 0 aliphatic heterocycles. The van der Waals surface area contributed by atoms with Crippen molar-refractivity contribution in [3.63, 3.8) is 0 Å². The van der Waals surface area contributed by atoms with Crippen molar-refractivity contribution in [1.82, 2.24) is 16.0 Å². The van der Waals surface area contributed by atoms with Gasteiger partial charge in [0, 0.05) is 6.42 Å². The van der Waals surface area contributed by atoms with E-state index < -0.39 is 48.4 Å². The van der Waals surface area contributed by atoms with Gasteiger partial charge in [0.2, 0.25) is 17.7 Å². The van der Waals surface area contributed by atoms with Crippen LogP contribution in [0.15, 0.2) is 24.3 Å². The monoisotopic (exact) mass is 464 g/mol. The molecular weight excluding hydrogens is 428 g/mol. The second-order valence-electron chi connectivity index (χ2n) is 8.97. The van der Waals surface area contributed by atoms with Gasteiger partial charge < -0.3 is 31.9 Å². The number of phenols is 1. The smallest absolute Gasteiger partial charge is 0.326 e. The zero-order valence-electron chi connectivity index (χ0n) is 19.6. The van der Waals surface area contributed by atoms with Crippen LogP contribution in [0.1, 0.15) is 46.1 Å². The predicted molar refractivity (Wildman–Crippen MR) is 123 cm³/mol. The summed E-state index contributed by atoms with van der Waals surface area (Å²) in [5.41, 5.74) is 6.51. The Morgan fingerprint density at radius 1 is 0.879 bits per heavy atom. The first-order valence-corrected chi connectivity index (χ1v) is 11.0. The number of carbonyl (C=O) groups excluding carboxylic acids is 3. The lowest BCUT2D eigenvalue weighted by atomic mass is 10.0. The number of aromatic hydroxyl groups is 1. The Kier molecular flexibility index (Phi) is 11.3. The number of nitrogens with one attached hydrogen (secondary N) is 3. The summed E-state index contributed by atoms with van der Waals surface area (Å²) in [4.78, 5) is 48.8. The van der Waals surface area contributed by atoms with E-state index in [1.54, 1.807) is 12.1 Å². The lowest BCUT2D eigenvalue weighted by Gasteiger charge is -2.23. The number of carboxylic acids is 1. The first-order valence-electron chi connectivity index (χ1n) is 11.0. The molecule has 3 atom stereocenters. The minimum Gasteiger partial charge on any atom is -0.508 e. The number of hydrogen-bond donors (Lipinski definition) is 6. The van der Waals surface area contributed by atoms with Gasteiger partial charge in [-0.15, -0.1) is 0 Å². The van der Waals surface area contributed by atoms with Crippen LogP contribution in [0.4, 0.5) is 0 Å². The number of carbonyl (C=O) groups is 4. The molecule has 184 valence electrons. The lowest BCUT2D eigenvalue weighted by Crippen LogP contribution is -2.54. The van der Waals surface area contributed by atoms with E-state index in [-0.39, 0.29) is 24.0 Å². The average Bonchev–Trinajstić information content (AvgIpc) is 2.71. The van der Waals surface area contributed by atoms with Gasteiger partial charge in [-0.2, -0.15) is 0 Å². The highest BCUT2D eigenvalue weighted by Crippen LogP contribution is 2.11. The zero-order chi connectivity index (χ0) is 25.1. The molecule has 0 aliphatic carbocycles. The molecule has 0 heterocycles. The molecule has 0 saturated heterocycles. The number of hydrogen-bond acceptors (Lipinski definition) is 6. The fourth-order valence-corrected chi connectivity index (χ4v) is 3.20. The molecule has 0 spiro atoms. The fraction of sp³-hybridized carbons (Fsp3) is 0.565. The molecule has 10 heteroatoms. The molecule has 0 bridgehead atoms. The topological polar surface area (TPSA) is 171 Å². The summed E-state index contributed by atoms with van der Waals surface area (Å²) < 4.78 is 0. The number of phenolic OH excluding ortho intramolecular Hbond substituents is 1. The lowest BCUT2D eigenvalue weighted by molar-refractivity contribution is -0.141. The Hall–Kier alpha value is -3.14. The fourth-order valence-electron chi connectivity index (χ4n) is 3.20. The second-order valence-corrected chi connectivity index (χ2v) is 8.97. The van der Waals surface area contributed by atoms with Gasteiger partial charge in [-0.05, 0) is 42.4 Å². The molecule has 33 heavy (non-hydrogen) atoms. The maximum atomic E-state index is 12.6. The van der Waals surface area contributed by atoms with Crippen molar-refractivity contribution in [2.45, 2.75) is 65.1 Å². The van der Waals surface area contributed by atoms with E-state index in [0.717, 1.165) is 0 Å². The summed E-state index contributed by atoms with van der Waals surface area (Å²) in [7, 11) is 0. The van der Waals surface area contributed by atoms with E-state index >= 15 is 0 Å². The molecule has 0 saturated carbocycles. The Balaban J connectivity index is 2.68. The van der Waals surface area contributed by atoms with E-state index in [0.29, 0.717) is 18.4 Å². The van der Waals surface area contributed by atoms with Crippen LogP contribution in [0.25, 0.3) is 0 Å². The molecular formula is C23H36N4O6. The number of amides is 3. The van der Waals surface area contributed by atoms with Crippen molar-refractivity contribution in [3.8, 4) is 5.75 Å². The van der Waals surface area contributed by atoms with Crippen LogP contribution in [0, 0.1) is 11.8 Å². The molecule has 0 radical (unpaired) electrons. The molecule has 10 nitrogen and oxygen atoms in total. The standard InChI is InChI=1S/C23H36N4O6/c1-13(2)9-17(24)21(30)27-18(10-14(3)4)22(31)25-12-20(29)26-19(23(32)33)11-15-5-7-16(28)8-6-15/h5-8,13-14,17-19,28H,9-12,24H2,1-4H3,(H,25,31)(H,26,29)(H,27,30)(H,32,33)/t17-,18-,19-/m0/s1. The molecule has 7 N–H and O–H groups in total. The Morgan fingerprint density at radius 3 is 1.97 bits per heavy atom. The van der Waals surface area contributed by atoms with Crippen LogP contribution < -0.4 is 21.7 Å². The van der Waals surface area contributed by atoms with Crippen LogP contribution >= 0.6 is 0 Å². The van der Waals surface area contributed by atoms with Crippen LogP contribution in [0.2, 0.25) is 0 Å². The predicted octanol–water partition coefficient (Wildman–Crippen LogP) is 0.525. The van der Waals surface area contributed by atoms with Gasteiger partial charge in [-0.3, -0.25) is 14.4 Å². The van der Waals surface area contributed by atoms with Crippen LogP contribution in [0.3, 0.4) is 0 Å². The van der Waals surface area contributed by atoms with E-state index in [1.807, 2.05) is 27.7 Å². The number of rotatable bonds is 13. The summed E-state index contributed by atoms with van der Waals surface area (Å²) in [5, 5.41) is 26.2. The van der Waals surface area contributed by atoms with E-state index in [1.165, 1.54) is 12.1 Å². The molecule has 1 aromatic carbocycles. The number of benzene rings is 1. The molecule has 0 aliphatic rings. The Morgan fingerprint density at radius 2 is 1.45 bits per heavy atom. The van der Waals surface area contributed by atoms with Crippen molar-refractivity contribution in [3.05, 3.63) is 29.8 Å². The van der Waals surface area contributed by atoms with Gasteiger partial charge >= 0.3 is 5.97 Å². The molecule has 0 unspecified atom stereocenters. The van der Waals surface area contributed by atoms with E-state index in [2.05, 4.69) is 16.0 Å². The molecule has 0 aromatic heterocycles. The first kappa shape index (κ1) is 27.9. The Labute approximate surface area is 194 Å². The van der Waals surface area contributed by atoms with Crippen molar-refractivity contribution in [2.75, 3.05) is 6.54 Å². The highest BCUT2D eigenvalue weighted by Gasteiger charge is 2.26. The highest BCUT2D eigenvalue weighted by atomic mass is 16.4. The number of aliphatic carboxylic acids is 1. The van der Waals surface area contributed by atoms with Crippen LogP contribution in [-0.4, -0.2) is 58.6 Å². The summed E-state index contributed by atoms with van der Waals surface area (Å²) in [5.74, 6) is -2.53. The van der Waals surface area contributed by atoms with Gasteiger partial charge in [0.25, 0.3) is 0 Å². The third-order valence-electron chi connectivity index (χ3n) is 4.83. The largest absolute Gasteiger partial charge is 0.508 e.